The third-order valence-corrected chi connectivity index (χ3v) is 4.98. The number of benzene rings is 1. The molecule has 19 heavy (non-hydrogen) atoms. The average molecular weight is 322 g/mol. The maximum absolute atomic E-state index is 11.8. The zero-order valence-electron chi connectivity index (χ0n) is 11.4. The molecule has 2 heterocycles. The summed E-state index contributed by atoms with van der Waals surface area (Å²) in [5, 5.41) is 0. The fourth-order valence-corrected chi connectivity index (χ4v) is 4.07. The van der Waals surface area contributed by atoms with Crippen molar-refractivity contribution in [2.24, 2.45) is 0 Å². The van der Waals surface area contributed by atoms with E-state index in [-0.39, 0.29) is 0 Å². The molecule has 0 radical (unpaired) electrons. The topological polar surface area (TPSA) is 20.3 Å². The summed E-state index contributed by atoms with van der Waals surface area (Å²) in [6.45, 7) is 2.20. The van der Waals surface area contributed by atoms with Crippen LogP contribution in [0.4, 0.5) is 5.69 Å². The van der Waals surface area contributed by atoms with E-state index in [1.165, 1.54) is 30.5 Å². The highest BCUT2D eigenvalue weighted by atomic mass is 79.9. The first-order chi connectivity index (χ1) is 9.19. The minimum absolute atomic E-state index is 0.437. The molecular formula is C16H20BrNO. The Balaban J connectivity index is 1.99. The molecule has 1 aromatic rings. The second kappa shape index (κ2) is 5.28. The molecule has 1 aromatic carbocycles. The number of fused-ring (bicyclic) bond motifs is 2. The van der Waals surface area contributed by atoms with Crippen LogP contribution in [0.1, 0.15) is 44.6 Å². The van der Waals surface area contributed by atoms with Gasteiger partial charge in [-0.1, -0.05) is 22.9 Å². The van der Waals surface area contributed by atoms with E-state index in [1.54, 1.807) is 0 Å². The van der Waals surface area contributed by atoms with Crippen molar-refractivity contribution in [1.82, 2.24) is 0 Å². The van der Waals surface area contributed by atoms with Gasteiger partial charge in [0.05, 0.1) is 0 Å². The summed E-state index contributed by atoms with van der Waals surface area (Å²) in [4.78, 5) is 14.4. The van der Waals surface area contributed by atoms with Gasteiger partial charge < -0.3 is 4.90 Å². The second-order valence-corrected chi connectivity index (χ2v) is 6.64. The van der Waals surface area contributed by atoms with Crippen molar-refractivity contribution in [1.29, 1.82) is 0 Å². The molecular weight excluding hydrogens is 302 g/mol. The summed E-state index contributed by atoms with van der Waals surface area (Å²) in [5.74, 6) is 0.459. The molecule has 2 saturated heterocycles. The van der Waals surface area contributed by atoms with Crippen LogP contribution in [0.5, 0.6) is 0 Å². The van der Waals surface area contributed by atoms with Gasteiger partial charge in [-0.2, -0.15) is 0 Å². The average Bonchev–Trinajstić information content (AvgIpc) is 2.38. The van der Waals surface area contributed by atoms with Crippen LogP contribution in [0.2, 0.25) is 0 Å². The Morgan fingerprint density at radius 2 is 1.95 bits per heavy atom. The lowest BCUT2D eigenvalue weighted by Crippen LogP contribution is -2.52. The van der Waals surface area contributed by atoms with Gasteiger partial charge >= 0.3 is 0 Å². The lowest BCUT2D eigenvalue weighted by molar-refractivity contribution is -0.121. The number of halogens is 1. The number of hydrogen-bond donors (Lipinski definition) is 0. The third kappa shape index (κ3) is 2.45. The molecule has 2 nitrogen and oxygen atoms in total. The van der Waals surface area contributed by atoms with Gasteiger partial charge in [0, 0.05) is 35.1 Å². The quantitative estimate of drug-likeness (QED) is 0.817. The Labute approximate surface area is 123 Å². The molecule has 0 saturated carbocycles. The number of aryl methyl sites for hydroxylation is 1. The fraction of sp³-hybridized carbons (Fsp3) is 0.562. The van der Waals surface area contributed by atoms with Crippen LogP contribution in [0, 0.1) is 0 Å². The SMILES string of the molecule is CCc1cc(Br)ccc1N1C2CCCC1CC(=O)C2. The van der Waals surface area contributed by atoms with E-state index < -0.39 is 0 Å². The van der Waals surface area contributed by atoms with E-state index in [2.05, 4.69) is 46.0 Å². The highest BCUT2D eigenvalue weighted by molar-refractivity contribution is 9.10. The third-order valence-electron chi connectivity index (χ3n) is 4.49. The fourth-order valence-electron chi connectivity index (χ4n) is 3.66. The molecule has 2 bridgehead atoms. The summed E-state index contributed by atoms with van der Waals surface area (Å²) in [7, 11) is 0. The maximum atomic E-state index is 11.8. The largest absolute Gasteiger partial charge is 0.364 e. The van der Waals surface area contributed by atoms with Crippen LogP contribution in [0.15, 0.2) is 22.7 Å². The number of Topliss-reactive ketones (excluding diaryl/α,β-unsaturated/α-hetero) is 1. The first kappa shape index (κ1) is 13.2. The van der Waals surface area contributed by atoms with Crippen molar-refractivity contribution in [2.75, 3.05) is 4.90 Å². The van der Waals surface area contributed by atoms with Crippen molar-refractivity contribution in [3.63, 3.8) is 0 Å². The first-order valence-electron chi connectivity index (χ1n) is 7.27. The monoisotopic (exact) mass is 321 g/mol. The first-order valence-corrected chi connectivity index (χ1v) is 8.06. The molecule has 2 unspecified atom stereocenters. The number of piperidine rings is 2. The standard InChI is InChI=1S/C16H20BrNO/c1-2-11-8-12(17)6-7-16(11)18-13-4-3-5-14(18)10-15(19)9-13/h6-8,13-14H,2-5,9-10H2,1H3. The van der Waals surface area contributed by atoms with Gasteiger partial charge in [-0.05, 0) is 49.4 Å². The van der Waals surface area contributed by atoms with Crippen LogP contribution < -0.4 is 4.90 Å². The number of carbonyl (C=O) groups is 1. The van der Waals surface area contributed by atoms with Gasteiger partial charge in [-0.3, -0.25) is 4.79 Å². The van der Waals surface area contributed by atoms with E-state index in [1.807, 2.05) is 0 Å². The summed E-state index contributed by atoms with van der Waals surface area (Å²) in [5.41, 5.74) is 2.74. The number of ketones is 1. The smallest absolute Gasteiger partial charge is 0.137 e. The van der Waals surface area contributed by atoms with Gasteiger partial charge in [-0.15, -0.1) is 0 Å². The maximum Gasteiger partial charge on any atom is 0.137 e. The van der Waals surface area contributed by atoms with Crippen LogP contribution in [-0.4, -0.2) is 17.9 Å². The highest BCUT2D eigenvalue weighted by Crippen LogP contribution is 2.38. The lowest BCUT2D eigenvalue weighted by atomic mass is 9.83. The van der Waals surface area contributed by atoms with Gasteiger partial charge in [0.15, 0.2) is 0 Å². The summed E-state index contributed by atoms with van der Waals surface area (Å²) >= 11 is 3.56. The Hall–Kier alpha value is -0.830. The van der Waals surface area contributed by atoms with E-state index >= 15 is 0 Å². The molecule has 0 amide bonds. The Morgan fingerprint density at radius 3 is 2.58 bits per heavy atom. The summed E-state index contributed by atoms with van der Waals surface area (Å²) in [6.07, 6.45) is 6.14. The molecule has 2 aliphatic heterocycles. The molecule has 2 fully saturated rings. The van der Waals surface area contributed by atoms with Gasteiger partial charge in [0.1, 0.15) is 5.78 Å². The number of rotatable bonds is 2. The van der Waals surface area contributed by atoms with Gasteiger partial charge in [0.2, 0.25) is 0 Å². The Bertz CT molecular complexity index is 484. The molecule has 3 rings (SSSR count). The van der Waals surface area contributed by atoms with Crippen molar-refractivity contribution < 1.29 is 4.79 Å². The van der Waals surface area contributed by atoms with Gasteiger partial charge in [0.25, 0.3) is 0 Å². The van der Waals surface area contributed by atoms with Crippen molar-refractivity contribution in [3.05, 3.63) is 28.2 Å². The minimum atomic E-state index is 0.437. The summed E-state index contributed by atoms with van der Waals surface area (Å²) < 4.78 is 1.14. The van der Waals surface area contributed by atoms with E-state index in [0.29, 0.717) is 17.9 Å². The van der Waals surface area contributed by atoms with Gasteiger partial charge in [-0.25, -0.2) is 0 Å². The Morgan fingerprint density at radius 1 is 1.26 bits per heavy atom. The molecule has 0 spiro atoms. The number of hydrogen-bond acceptors (Lipinski definition) is 2. The number of anilines is 1. The Kier molecular flexibility index (Phi) is 3.66. The molecule has 2 aliphatic rings. The molecule has 0 aromatic heterocycles. The zero-order chi connectivity index (χ0) is 13.4. The highest BCUT2D eigenvalue weighted by Gasteiger charge is 2.38. The van der Waals surface area contributed by atoms with E-state index in [0.717, 1.165) is 23.7 Å². The number of nitrogens with zero attached hydrogens (tertiary/aromatic N) is 1. The number of carbonyl (C=O) groups excluding carboxylic acids is 1. The predicted octanol–water partition coefficient (Wildman–Crippen LogP) is 4.10. The minimum Gasteiger partial charge on any atom is -0.364 e. The molecule has 102 valence electrons. The normalized spacial score (nSPS) is 26.6. The van der Waals surface area contributed by atoms with Crippen molar-refractivity contribution >= 4 is 27.4 Å². The van der Waals surface area contributed by atoms with Crippen LogP contribution in [0.25, 0.3) is 0 Å². The predicted molar refractivity (Wildman–Crippen MR) is 81.7 cm³/mol. The lowest BCUT2D eigenvalue weighted by Gasteiger charge is -2.47. The molecule has 0 aliphatic carbocycles. The molecule has 3 heteroatoms. The van der Waals surface area contributed by atoms with Crippen molar-refractivity contribution in [2.45, 2.75) is 57.5 Å². The molecule has 2 atom stereocenters. The van der Waals surface area contributed by atoms with Crippen LogP contribution in [-0.2, 0) is 11.2 Å². The van der Waals surface area contributed by atoms with E-state index in [9.17, 15) is 4.79 Å². The van der Waals surface area contributed by atoms with Crippen molar-refractivity contribution in [3.8, 4) is 0 Å². The zero-order valence-corrected chi connectivity index (χ0v) is 12.9. The van der Waals surface area contributed by atoms with Crippen LogP contribution in [0.3, 0.4) is 0 Å². The van der Waals surface area contributed by atoms with E-state index in [4.69, 9.17) is 0 Å². The second-order valence-electron chi connectivity index (χ2n) is 5.72. The molecule has 0 N–H and O–H groups in total. The van der Waals surface area contributed by atoms with Crippen LogP contribution >= 0.6 is 15.9 Å². The summed E-state index contributed by atoms with van der Waals surface area (Å²) in [6, 6.07) is 7.45.